The van der Waals surface area contributed by atoms with Gasteiger partial charge in [-0.05, 0) is 166 Å². The third kappa shape index (κ3) is 14.3. The Morgan fingerprint density at radius 1 is 0.436 bits per heavy atom. The number of rotatable bonds is 13. The van der Waals surface area contributed by atoms with Crippen molar-refractivity contribution < 1.29 is 9.47 Å². The van der Waals surface area contributed by atoms with E-state index in [0.717, 1.165) is 48.7 Å². The summed E-state index contributed by atoms with van der Waals surface area (Å²) in [6, 6.07) is 35.1. The van der Waals surface area contributed by atoms with Gasteiger partial charge in [0.05, 0.1) is 13.2 Å². The van der Waals surface area contributed by atoms with Gasteiger partial charge in [0.2, 0.25) is 0 Å². The third-order valence-electron chi connectivity index (χ3n) is 11.2. The van der Waals surface area contributed by atoms with E-state index in [-0.39, 0.29) is 0 Å². The Kier molecular flexibility index (Phi) is 17.8. The second-order valence-electron chi connectivity index (χ2n) is 15.7. The van der Waals surface area contributed by atoms with Crippen LogP contribution in [0.25, 0.3) is 0 Å². The first kappa shape index (κ1) is 41.8. The molecule has 55 heavy (non-hydrogen) atoms. The maximum Gasteiger partial charge on any atom is 0.119 e. The zero-order chi connectivity index (χ0) is 38.5. The number of ether oxygens (including phenoxy) is 2. The summed E-state index contributed by atoms with van der Waals surface area (Å²) >= 11 is 0. The predicted octanol–water partition coefficient (Wildman–Crippen LogP) is 13.9. The first-order chi connectivity index (χ1) is 27.1. The number of unbranched alkanes of at least 4 members (excludes halogenated alkanes) is 1. The van der Waals surface area contributed by atoms with Gasteiger partial charge in [-0.15, -0.1) is 0 Å². The zero-order valence-corrected chi connectivity index (χ0v) is 34.4. The molecule has 0 bridgehead atoms. The lowest BCUT2D eigenvalue weighted by Gasteiger charge is -2.26. The highest BCUT2D eigenvalue weighted by molar-refractivity contribution is 5.40. The highest BCUT2D eigenvalue weighted by Gasteiger charge is 2.22. The molecule has 0 atom stereocenters. The molecule has 2 aliphatic rings. The van der Waals surface area contributed by atoms with E-state index in [1.807, 2.05) is 24.3 Å². The van der Waals surface area contributed by atoms with Crippen molar-refractivity contribution in [2.45, 2.75) is 136 Å². The molecule has 0 aliphatic heterocycles. The first-order valence-electron chi connectivity index (χ1n) is 21.7. The number of benzene rings is 4. The van der Waals surface area contributed by atoms with Crippen LogP contribution >= 0.6 is 0 Å². The van der Waals surface area contributed by atoms with Gasteiger partial charge in [0, 0.05) is 23.0 Å². The normalized spacial score (nSPS) is 19.1. The molecule has 0 spiro atoms. The lowest BCUT2D eigenvalue weighted by molar-refractivity contribution is 0.317. The summed E-state index contributed by atoms with van der Waals surface area (Å²) < 4.78 is 11.3. The van der Waals surface area contributed by atoms with E-state index in [1.54, 1.807) is 0 Å². The van der Waals surface area contributed by atoms with Crippen molar-refractivity contribution in [3.8, 4) is 35.2 Å². The van der Waals surface area contributed by atoms with Crippen LogP contribution in [0.15, 0.2) is 97.1 Å². The minimum absolute atomic E-state index is 0.538. The summed E-state index contributed by atoms with van der Waals surface area (Å²) in [6.45, 7) is 10.3. The van der Waals surface area contributed by atoms with E-state index < -0.39 is 0 Å². The van der Waals surface area contributed by atoms with Gasteiger partial charge in [-0.3, -0.25) is 0 Å². The van der Waals surface area contributed by atoms with Crippen molar-refractivity contribution in [1.82, 2.24) is 0 Å². The molecule has 0 heterocycles. The maximum absolute atomic E-state index is 5.64. The minimum Gasteiger partial charge on any atom is -0.494 e. The Hall–Kier alpha value is -4.40. The lowest BCUT2D eigenvalue weighted by atomic mass is 9.78. The predicted molar refractivity (Wildman–Crippen MR) is 233 cm³/mol. The molecule has 6 rings (SSSR count). The number of hydrogen-bond acceptors (Lipinski definition) is 2. The summed E-state index contributed by atoms with van der Waals surface area (Å²) in [5.41, 5.74) is 8.17. The van der Waals surface area contributed by atoms with Crippen LogP contribution in [-0.2, 0) is 12.8 Å². The van der Waals surface area contributed by atoms with Crippen molar-refractivity contribution in [1.29, 1.82) is 0 Å². The highest BCUT2D eigenvalue weighted by Crippen LogP contribution is 2.37. The fourth-order valence-corrected chi connectivity index (χ4v) is 7.80. The molecule has 4 aromatic carbocycles. The largest absolute Gasteiger partial charge is 0.494 e. The molecule has 2 nitrogen and oxygen atoms in total. The summed E-state index contributed by atoms with van der Waals surface area (Å²) in [5, 5.41) is 0. The van der Waals surface area contributed by atoms with Gasteiger partial charge in [-0.1, -0.05) is 113 Å². The van der Waals surface area contributed by atoms with Crippen molar-refractivity contribution in [3.05, 3.63) is 130 Å². The van der Waals surface area contributed by atoms with Crippen LogP contribution in [0, 0.1) is 35.5 Å². The average molecular weight is 735 g/mol. The Morgan fingerprint density at radius 3 is 1.20 bits per heavy atom. The lowest BCUT2D eigenvalue weighted by Crippen LogP contribution is -2.12. The second kappa shape index (κ2) is 23.5. The van der Waals surface area contributed by atoms with Crippen molar-refractivity contribution in [2.75, 3.05) is 13.2 Å². The molecule has 0 N–H and O–H groups in total. The SMILES string of the molecule is CCCCc1ccc(C2CCC(C#Cc3ccc(OCCC)cc3)CC2)cc1.CCCOc1ccc(C#CC2CCC(c3ccc(CCC)cc3)CC2)cc1. The summed E-state index contributed by atoms with van der Waals surface area (Å²) in [4.78, 5) is 0. The number of hydrogen-bond donors (Lipinski definition) is 0. The fraction of sp³-hybridized carbons (Fsp3) is 0.472. The van der Waals surface area contributed by atoms with Gasteiger partial charge in [-0.2, -0.15) is 0 Å². The Morgan fingerprint density at radius 2 is 0.836 bits per heavy atom. The monoisotopic (exact) mass is 735 g/mol. The molecule has 0 amide bonds. The molecule has 290 valence electrons. The Labute approximate surface area is 334 Å². The average Bonchev–Trinajstić information content (AvgIpc) is 3.24. The van der Waals surface area contributed by atoms with Crippen LogP contribution in [0.5, 0.6) is 11.5 Å². The Bertz CT molecular complexity index is 1760. The smallest absolute Gasteiger partial charge is 0.119 e. The molecule has 0 saturated heterocycles. The van der Waals surface area contributed by atoms with Gasteiger partial charge in [0.1, 0.15) is 11.5 Å². The third-order valence-corrected chi connectivity index (χ3v) is 11.2. The van der Waals surface area contributed by atoms with Crippen molar-refractivity contribution >= 4 is 0 Å². The van der Waals surface area contributed by atoms with E-state index in [2.05, 4.69) is 124 Å². The molecular formula is C53H66O2. The van der Waals surface area contributed by atoms with E-state index in [4.69, 9.17) is 9.47 Å². The van der Waals surface area contributed by atoms with Crippen LogP contribution in [-0.4, -0.2) is 13.2 Å². The fourth-order valence-electron chi connectivity index (χ4n) is 7.80. The summed E-state index contributed by atoms with van der Waals surface area (Å²) in [5.74, 6) is 18.1. The van der Waals surface area contributed by atoms with Gasteiger partial charge in [-0.25, -0.2) is 0 Å². The van der Waals surface area contributed by atoms with Gasteiger partial charge in [0.15, 0.2) is 0 Å². The standard InChI is InChI=1S/C27H34O.C26H32O/c1-3-5-6-22-9-15-25(16-10-22)26-17-11-23(12-18-26)7-8-24-13-19-27(20-14-24)28-21-4-2;1-3-5-21-8-14-24(15-9-21)25-16-10-22(11-17-25)6-7-23-12-18-26(19-13-23)27-20-4-2/h9-10,13-16,19-20,23,26H,3-6,11-12,17-18,21H2,1-2H3;8-9,12-15,18-19,22,25H,3-5,10-11,16-17,20H2,1-2H3. The second-order valence-corrected chi connectivity index (χ2v) is 15.7. The molecular weight excluding hydrogens is 669 g/mol. The summed E-state index contributed by atoms with van der Waals surface area (Å²) in [7, 11) is 0. The quantitative estimate of drug-likeness (QED) is 0.127. The van der Waals surface area contributed by atoms with Crippen LogP contribution in [0.4, 0.5) is 0 Å². The summed E-state index contributed by atoms with van der Waals surface area (Å²) in [6.07, 6.45) is 18.2. The molecule has 2 fully saturated rings. The molecule has 0 aromatic heterocycles. The molecule has 2 aliphatic carbocycles. The molecule has 2 saturated carbocycles. The van der Waals surface area contributed by atoms with E-state index >= 15 is 0 Å². The molecule has 4 aromatic rings. The van der Waals surface area contributed by atoms with Crippen molar-refractivity contribution in [3.63, 3.8) is 0 Å². The zero-order valence-electron chi connectivity index (χ0n) is 34.4. The van der Waals surface area contributed by atoms with Crippen molar-refractivity contribution in [2.24, 2.45) is 11.8 Å². The maximum atomic E-state index is 5.64. The van der Waals surface area contributed by atoms with Crippen LogP contribution in [0.1, 0.15) is 156 Å². The van der Waals surface area contributed by atoms with E-state index in [1.165, 1.54) is 106 Å². The Balaban J connectivity index is 0.000000211. The number of aryl methyl sites for hydroxylation is 2. The van der Waals surface area contributed by atoms with Gasteiger partial charge < -0.3 is 9.47 Å². The van der Waals surface area contributed by atoms with Crippen LogP contribution in [0.3, 0.4) is 0 Å². The van der Waals surface area contributed by atoms with Gasteiger partial charge >= 0.3 is 0 Å². The van der Waals surface area contributed by atoms with Gasteiger partial charge in [0.25, 0.3) is 0 Å². The highest BCUT2D eigenvalue weighted by atomic mass is 16.5. The molecule has 0 unspecified atom stereocenters. The first-order valence-corrected chi connectivity index (χ1v) is 21.7. The van der Waals surface area contributed by atoms with E-state index in [9.17, 15) is 0 Å². The molecule has 2 heteroatoms. The topological polar surface area (TPSA) is 18.5 Å². The van der Waals surface area contributed by atoms with Crippen LogP contribution in [0.2, 0.25) is 0 Å². The van der Waals surface area contributed by atoms with Crippen LogP contribution < -0.4 is 9.47 Å². The minimum atomic E-state index is 0.538. The van der Waals surface area contributed by atoms with E-state index in [0.29, 0.717) is 23.7 Å². The molecule has 0 radical (unpaired) electrons.